The van der Waals surface area contributed by atoms with Gasteiger partial charge in [-0.05, 0) is 57.8 Å². The maximum absolute atomic E-state index is 3.83. The molecule has 1 heterocycles. The summed E-state index contributed by atoms with van der Waals surface area (Å²) in [6, 6.07) is 2.16. The van der Waals surface area contributed by atoms with Crippen molar-refractivity contribution in [3.05, 3.63) is 0 Å². The Morgan fingerprint density at radius 1 is 0.941 bits per heavy atom. The number of nitrogens with one attached hydrogen (secondary N) is 1. The summed E-state index contributed by atoms with van der Waals surface area (Å²) < 4.78 is 0. The number of hydrogen-bond donors (Lipinski definition) is 1. The van der Waals surface area contributed by atoms with Crippen LogP contribution in [0.25, 0.3) is 0 Å². The van der Waals surface area contributed by atoms with E-state index in [0.29, 0.717) is 17.5 Å². The van der Waals surface area contributed by atoms with Gasteiger partial charge < -0.3 is 0 Å². The predicted molar refractivity (Wildman–Crippen MR) is 73.8 cm³/mol. The van der Waals surface area contributed by atoms with E-state index in [1.54, 1.807) is 0 Å². The normalized spacial score (nSPS) is 36.0. The average Bonchev–Trinajstić information content (AvgIpc) is 2.26. The van der Waals surface area contributed by atoms with E-state index in [2.05, 4.69) is 38.1 Å². The minimum atomic E-state index is 0.581. The molecule has 2 unspecified atom stereocenters. The molecule has 2 fully saturated rings. The van der Waals surface area contributed by atoms with Gasteiger partial charge in [0, 0.05) is 18.1 Å². The second-order valence-electron chi connectivity index (χ2n) is 7.10. The molecule has 0 bridgehead atoms. The first-order valence-electron chi connectivity index (χ1n) is 7.52. The zero-order valence-corrected chi connectivity index (χ0v) is 12.1. The van der Waals surface area contributed by atoms with Crippen LogP contribution in [0.3, 0.4) is 0 Å². The van der Waals surface area contributed by atoms with Gasteiger partial charge >= 0.3 is 0 Å². The van der Waals surface area contributed by atoms with Crippen LogP contribution in [0.5, 0.6) is 0 Å². The molecular weight excluding hydrogens is 208 g/mol. The van der Waals surface area contributed by atoms with Crippen molar-refractivity contribution in [1.82, 2.24) is 10.4 Å². The zero-order valence-electron chi connectivity index (χ0n) is 12.1. The second kappa shape index (κ2) is 5.27. The van der Waals surface area contributed by atoms with Crippen molar-refractivity contribution in [2.45, 2.75) is 90.8 Å². The summed E-state index contributed by atoms with van der Waals surface area (Å²) in [6.07, 6.45) is 9.57. The number of hydrazine groups is 1. The lowest BCUT2D eigenvalue weighted by Gasteiger charge is -2.44. The molecule has 0 radical (unpaired) electrons. The summed E-state index contributed by atoms with van der Waals surface area (Å²) in [4.78, 5) is 0. The van der Waals surface area contributed by atoms with Gasteiger partial charge in [0.15, 0.2) is 0 Å². The fourth-order valence-electron chi connectivity index (χ4n) is 3.41. The summed E-state index contributed by atoms with van der Waals surface area (Å²) in [7, 11) is 0. The highest BCUT2D eigenvalue weighted by Gasteiger charge is 2.31. The molecular formula is C15H30N2. The molecule has 0 amide bonds. The highest BCUT2D eigenvalue weighted by molar-refractivity contribution is 4.84. The van der Waals surface area contributed by atoms with Gasteiger partial charge in [0.05, 0.1) is 0 Å². The van der Waals surface area contributed by atoms with Gasteiger partial charge in [0.25, 0.3) is 0 Å². The molecule has 2 rings (SSSR count). The summed E-state index contributed by atoms with van der Waals surface area (Å²) in [5, 5.41) is 2.55. The fraction of sp³-hybridized carbons (Fsp3) is 1.00. The molecule has 2 atom stereocenters. The Balaban J connectivity index is 1.84. The molecule has 1 aliphatic carbocycles. The topological polar surface area (TPSA) is 15.3 Å². The first-order chi connectivity index (χ1) is 7.98. The van der Waals surface area contributed by atoms with Gasteiger partial charge in [-0.3, -0.25) is 5.43 Å². The third-order valence-electron chi connectivity index (χ3n) is 4.86. The van der Waals surface area contributed by atoms with Crippen molar-refractivity contribution in [2.75, 3.05) is 0 Å². The Labute approximate surface area is 107 Å². The Kier molecular flexibility index (Phi) is 4.14. The molecule has 0 aromatic heterocycles. The maximum Gasteiger partial charge on any atom is 0.0218 e. The van der Waals surface area contributed by atoms with E-state index in [9.17, 15) is 0 Å². The van der Waals surface area contributed by atoms with E-state index >= 15 is 0 Å². The Morgan fingerprint density at radius 3 is 2.00 bits per heavy atom. The summed E-state index contributed by atoms with van der Waals surface area (Å²) in [5.74, 6) is 0. The number of rotatable bonds is 2. The van der Waals surface area contributed by atoms with Crippen LogP contribution in [-0.2, 0) is 0 Å². The maximum atomic E-state index is 3.83. The van der Waals surface area contributed by atoms with Gasteiger partial charge in [-0.25, -0.2) is 5.01 Å². The Morgan fingerprint density at radius 2 is 1.47 bits per heavy atom. The monoisotopic (exact) mass is 238 g/mol. The lowest BCUT2D eigenvalue weighted by Crippen LogP contribution is -2.56. The quantitative estimate of drug-likeness (QED) is 0.788. The molecule has 2 heteroatoms. The summed E-state index contributed by atoms with van der Waals surface area (Å²) >= 11 is 0. The first-order valence-corrected chi connectivity index (χ1v) is 7.52. The Hall–Kier alpha value is -0.0800. The standard InChI is InChI=1S/C15H30N2/c1-12-6-5-7-13(2)17(12)16-14-8-10-15(3,4)11-9-14/h12-14,16H,5-11H2,1-4H3. The molecule has 0 spiro atoms. The van der Waals surface area contributed by atoms with Crippen molar-refractivity contribution in [1.29, 1.82) is 0 Å². The summed E-state index contributed by atoms with van der Waals surface area (Å²) in [6.45, 7) is 9.57. The molecule has 1 N–H and O–H groups in total. The predicted octanol–water partition coefficient (Wildman–Crippen LogP) is 3.72. The van der Waals surface area contributed by atoms with E-state index in [1.807, 2.05) is 0 Å². The van der Waals surface area contributed by atoms with Gasteiger partial charge in [-0.2, -0.15) is 0 Å². The zero-order chi connectivity index (χ0) is 12.5. The third kappa shape index (κ3) is 3.45. The van der Waals surface area contributed by atoms with Crippen molar-refractivity contribution in [2.24, 2.45) is 5.41 Å². The average molecular weight is 238 g/mol. The van der Waals surface area contributed by atoms with E-state index in [1.165, 1.54) is 44.9 Å². The van der Waals surface area contributed by atoms with Crippen LogP contribution in [-0.4, -0.2) is 23.1 Å². The molecule has 0 aromatic carbocycles. The number of hydrogen-bond acceptors (Lipinski definition) is 2. The minimum Gasteiger partial charge on any atom is -0.252 e. The Bertz CT molecular complexity index is 229. The van der Waals surface area contributed by atoms with Gasteiger partial charge in [0.1, 0.15) is 0 Å². The van der Waals surface area contributed by atoms with Crippen LogP contribution in [0.4, 0.5) is 0 Å². The van der Waals surface area contributed by atoms with Crippen molar-refractivity contribution < 1.29 is 0 Å². The lowest BCUT2D eigenvalue weighted by atomic mass is 9.76. The molecule has 1 saturated heterocycles. The number of piperidine rings is 1. The lowest BCUT2D eigenvalue weighted by molar-refractivity contribution is 0.0153. The van der Waals surface area contributed by atoms with Crippen LogP contribution in [0.2, 0.25) is 0 Å². The molecule has 17 heavy (non-hydrogen) atoms. The molecule has 100 valence electrons. The van der Waals surface area contributed by atoms with Gasteiger partial charge in [-0.1, -0.05) is 20.3 Å². The molecule has 2 aliphatic rings. The van der Waals surface area contributed by atoms with Gasteiger partial charge in [0.2, 0.25) is 0 Å². The number of nitrogens with zero attached hydrogens (tertiary/aromatic N) is 1. The highest BCUT2D eigenvalue weighted by atomic mass is 15.5. The van der Waals surface area contributed by atoms with E-state index < -0.39 is 0 Å². The van der Waals surface area contributed by atoms with E-state index in [4.69, 9.17) is 0 Å². The fourth-order valence-corrected chi connectivity index (χ4v) is 3.41. The largest absolute Gasteiger partial charge is 0.252 e. The van der Waals surface area contributed by atoms with Crippen LogP contribution in [0, 0.1) is 5.41 Å². The van der Waals surface area contributed by atoms with Crippen molar-refractivity contribution in [3.8, 4) is 0 Å². The molecule has 1 aliphatic heterocycles. The van der Waals surface area contributed by atoms with E-state index in [-0.39, 0.29) is 0 Å². The van der Waals surface area contributed by atoms with Crippen LogP contribution in [0.15, 0.2) is 0 Å². The SMILES string of the molecule is CC1CCCC(C)N1NC1CCC(C)(C)CC1. The van der Waals surface area contributed by atoms with Gasteiger partial charge in [-0.15, -0.1) is 0 Å². The third-order valence-corrected chi connectivity index (χ3v) is 4.86. The highest BCUT2D eigenvalue weighted by Crippen LogP contribution is 2.35. The summed E-state index contributed by atoms with van der Waals surface area (Å²) in [5.41, 5.74) is 4.41. The van der Waals surface area contributed by atoms with Crippen molar-refractivity contribution in [3.63, 3.8) is 0 Å². The van der Waals surface area contributed by atoms with E-state index in [0.717, 1.165) is 6.04 Å². The minimum absolute atomic E-state index is 0.581. The van der Waals surface area contributed by atoms with Crippen molar-refractivity contribution >= 4 is 0 Å². The smallest absolute Gasteiger partial charge is 0.0218 e. The van der Waals surface area contributed by atoms with Crippen LogP contribution < -0.4 is 5.43 Å². The van der Waals surface area contributed by atoms with Crippen LogP contribution >= 0.6 is 0 Å². The molecule has 0 aromatic rings. The molecule has 1 saturated carbocycles. The molecule has 2 nitrogen and oxygen atoms in total. The first kappa shape index (κ1) is 13.4. The van der Waals surface area contributed by atoms with Crippen LogP contribution in [0.1, 0.15) is 72.6 Å². The second-order valence-corrected chi connectivity index (χ2v) is 7.10.